The molecule has 0 radical (unpaired) electrons. The number of hydrogen-bond acceptors (Lipinski definition) is 4. The van der Waals surface area contributed by atoms with Gasteiger partial charge in [0.2, 0.25) is 0 Å². The van der Waals surface area contributed by atoms with Crippen molar-refractivity contribution in [3.63, 3.8) is 0 Å². The van der Waals surface area contributed by atoms with Gasteiger partial charge in [0.05, 0.1) is 11.7 Å². The summed E-state index contributed by atoms with van der Waals surface area (Å²) in [6.07, 6.45) is 6.48. The Kier molecular flexibility index (Phi) is 4.43. The molecule has 2 heterocycles. The molecule has 0 amide bonds. The lowest BCUT2D eigenvalue weighted by molar-refractivity contribution is 0.667. The van der Waals surface area contributed by atoms with Crippen LogP contribution in [0, 0.1) is 0 Å². The summed E-state index contributed by atoms with van der Waals surface area (Å²) in [6.45, 7) is 2.26. The fraction of sp³-hybridized carbons (Fsp3) is 0.375. The first-order chi connectivity index (χ1) is 9.88. The fourth-order valence-electron chi connectivity index (χ4n) is 2.41. The van der Waals surface area contributed by atoms with Crippen molar-refractivity contribution < 1.29 is 0 Å². The Morgan fingerprint density at radius 2 is 2.05 bits per heavy atom. The van der Waals surface area contributed by atoms with Gasteiger partial charge in [0.15, 0.2) is 0 Å². The highest BCUT2D eigenvalue weighted by atomic mass is 32.1. The summed E-state index contributed by atoms with van der Waals surface area (Å²) in [5.74, 6) is 0. The molecule has 0 aliphatic heterocycles. The Morgan fingerprint density at radius 3 is 2.95 bits per heavy atom. The molecule has 2 nitrogen and oxygen atoms in total. The molecule has 0 saturated carbocycles. The van der Waals surface area contributed by atoms with Crippen molar-refractivity contribution in [2.75, 3.05) is 0 Å². The predicted molar refractivity (Wildman–Crippen MR) is 88.6 cm³/mol. The van der Waals surface area contributed by atoms with E-state index in [0.717, 1.165) is 11.0 Å². The molecule has 20 heavy (non-hydrogen) atoms. The van der Waals surface area contributed by atoms with Crippen molar-refractivity contribution in [1.29, 1.82) is 0 Å². The second-order valence-corrected chi connectivity index (χ2v) is 6.51. The van der Waals surface area contributed by atoms with E-state index in [1.807, 2.05) is 17.4 Å². The van der Waals surface area contributed by atoms with Crippen LogP contribution in [0.3, 0.4) is 0 Å². The quantitative estimate of drug-likeness (QED) is 0.558. The van der Waals surface area contributed by atoms with Gasteiger partial charge >= 0.3 is 0 Å². The predicted octanol–water partition coefficient (Wildman–Crippen LogP) is 5.54. The largest absolute Gasteiger partial charge is 0.173 e. The van der Waals surface area contributed by atoms with Gasteiger partial charge in [-0.3, -0.25) is 0 Å². The minimum Gasteiger partial charge on any atom is -0.173 e. The van der Waals surface area contributed by atoms with Gasteiger partial charge in [-0.2, -0.15) is 8.75 Å². The molecule has 1 aromatic carbocycles. The number of benzene rings is 1. The Balaban J connectivity index is 1.78. The second kappa shape index (κ2) is 6.46. The van der Waals surface area contributed by atoms with Crippen LogP contribution in [-0.4, -0.2) is 8.75 Å². The fourth-order valence-corrected chi connectivity index (χ4v) is 3.93. The Bertz CT molecular complexity index is 684. The van der Waals surface area contributed by atoms with E-state index in [-0.39, 0.29) is 0 Å². The summed E-state index contributed by atoms with van der Waals surface area (Å²) >= 11 is 3.11. The average molecular weight is 302 g/mol. The van der Waals surface area contributed by atoms with Crippen LogP contribution in [0.2, 0.25) is 0 Å². The van der Waals surface area contributed by atoms with E-state index >= 15 is 0 Å². The molecule has 3 rings (SSSR count). The summed E-state index contributed by atoms with van der Waals surface area (Å²) < 4.78 is 8.74. The molecule has 0 saturated heterocycles. The third kappa shape index (κ3) is 2.91. The van der Waals surface area contributed by atoms with E-state index in [4.69, 9.17) is 0 Å². The van der Waals surface area contributed by atoms with Crippen LogP contribution in [0.15, 0.2) is 29.6 Å². The highest BCUT2D eigenvalue weighted by Gasteiger charge is 2.09. The van der Waals surface area contributed by atoms with Crippen molar-refractivity contribution in [3.8, 4) is 10.4 Å². The van der Waals surface area contributed by atoms with Gasteiger partial charge in [-0.05, 0) is 35.9 Å². The van der Waals surface area contributed by atoms with E-state index in [1.54, 1.807) is 0 Å². The lowest BCUT2D eigenvalue weighted by Gasteiger charge is -1.98. The van der Waals surface area contributed by atoms with Gasteiger partial charge < -0.3 is 0 Å². The molecule has 0 bridgehead atoms. The second-order valence-electron chi connectivity index (χ2n) is 5.07. The van der Waals surface area contributed by atoms with Crippen molar-refractivity contribution in [2.45, 2.75) is 39.0 Å². The van der Waals surface area contributed by atoms with Crippen LogP contribution in [0.1, 0.15) is 38.2 Å². The minimum absolute atomic E-state index is 1.00. The molecule has 0 fully saturated rings. The van der Waals surface area contributed by atoms with E-state index in [0.29, 0.717) is 0 Å². The Morgan fingerprint density at radius 1 is 1.10 bits per heavy atom. The standard InChI is InChI=1S/C16H18N2S2/c1-2-3-4-5-7-12-10-15(19-11-12)13-8-6-9-14-16(13)18-20-17-14/h6,8-11H,2-5,7H2,1H3. The van der Waals surface area contributed by atoms with Crippen molar-refractivity contribution in [1.82, 2.24) is 8.75 Å². The van der Waals surface area contributed by atoms with Crippen LogP contribution in [0.5, 0.6) is 0 Å². The van der Waals surface area contributed by atoms with Gasteiger partial charge in [-0.15, -0.1) is 11.3 Å². The molecule has 0 spiro atoms. The highest BCUT2D eigenvalue weighted by molar-refractivity contribution is 7.13. The summed E-state index contributed by atoms with van der Waals surface area (Å²) in [4.78, 5) is 1.31. The molecule has 0 aliphatic carbocycles. The highest BCUT2D eigenvalue weighted by Crippen LogP contribution is 2.32. The first kappa shape index (κ1) is 13.7. The molecule has 0 unspecified atom stereocenters. The molecular formula is C16H18N2S2. The smallest absolute Gasteiger partial charge is 0.113 e. The van der Waals surface area contributed by atoms with E-state index < -0.39 is 0 Å². The third-order valence-corrected chi connectivity index (χ3v) is 5.08. The topological polar surface area (TPSA) is 25.8 Å². The van der Waals surface area contributed by atoms with Gasteiger partial charge in [0, 0.05) is 10.4 Å². The third-order valence-electron chi connectivity index (χ3n) is 3.52. The molecule has 3 aromatic rings. The average Bonchev–Trinajstić information content (AvgIpc) is 3.12. The lowest BCUT2D eigenvalue weighted by Crippen LogP contribution is -1.82. The number of rotatable bonds is 6. The number of thiophene rings is 1. The number of fused-ring (bicyclic) bond motifs is 1. The summed E-state index contributed by atoms with van der Waals surface area (Å²) in [6, 6.07) is 8.57. The van der Waals surface area contributed by atoms with Gasteiger partial charge in [-0.25, -0.2) is 0 Å². The maximum Gasteiger partial charge on any atom is 0.113 e. The number of hydrogen-bond donors (Lipinski definition) is 0. The van der Waals surface area contributed by atoms with Gasteiger partial charge in [-0.1, -0.05) is 38.3 Å². The molecule has 4 heteroatoms. The normalized spacial score (nSPS) is 11.2. The van der Waals surface area contributed by atoms with Gasteiger partial charge in [0.1, 0.15) is 11.0 Å². The molecule has 0 N–H and O–H groups in total. The lowest BCUT2D eigenvalue weighted by atomic mass is 10.1. The van der Waals surface area contributed by atoms with Crippen LogP contribution in [-0.2, 0) is 6.42 Å². The molecular weight excluding hydrogens is 284 g/mol. The first-order valence-electron chi connectivity index (χ1n) is 7.17. The van der Waals surface area contributed by atoms with Crippen molar-refractivity contribution >= 4 is 34.1 Å². The molecule has 0 atom stereocenters. The zero-order valence-electron chi connectivity index (χ0n) is 11.6. The van der Waals surface area contributed by atoms with Crippen LogP contribution in [0.25, 0.3) is 21.5 Å². The zero-order valence-corrected chi connectivity index (χ0v) is 13.3. The zero-order chi connectivity index (χ0) is 13.8. The number of aryl methyl sites for hydroxylation is 1. The van der Waals surface area contributed by atoms with Crippen LogP contribution < -0.4 is 0 Å². The summed E-state index contributed by atoms with van der Waals surface area (Å²) in [7, 11) is 0. The van der Waals surface area contributed by atoms with Crippen molar-refractivity contribution in [2.24, 2.45) is 0 Å². The van der Waals surface area contributed by atoms with E-state index in [9.17, 15) is 0 Å². The van der Waals surface area contributed by atoms with Crippen LogP contribution in [0.4, 0.5) is 0 Å². The molecule has 104 valence electrons. The number of unbranched alkanes of at least 4 members (excludes halogenated alkanes) is 3. The van der Waals surface area contributed by atoms with Gasteiger partial charge in [0.25, 0.3) is 0 Å². The number of aromatic nitrogens is 2. The maximum atomic E-state index is 4.43. The van der Waals surface area contributed by atoms with E-state index in [1.165, 1.54) is 59.8 Å². The SMILES string of the molecule is CCCCCCc1csc(-c2cccc3nsnc23)c1. The Labute approximate surface area is 127 Å². The first-order valence-corrected chi connectivity index (χ1v) is 8.78. The number of nitrogens with zero attached hydrogens (tertiary/aromatic N) is 2. The van der Waals surface area contributed by atoms with Crippen molar-refractivity contribution in [3.05, 3.63) is 35.2 Å². The monoisotopic (exact) mass is 302 g/mol. The Hall–Kier alpha value is -1.26. The maximum absolute atomic E-state index is 4.43. The molecule has 0 aliphatic rings. The summed E-state index contributed by atoms with van der Waals surface area (Å²) in [5.41, 5.74) is 4.73. The minimum atomic E-state index is 1.00. The summed E-state index contributed by atoms with van der Waals surface area (Å²) in [5, 5.41) is 2.29. The molecule has 2 aromatic heterocycles. The van der Waals surface area contributed by atoms with E-state index in [2.05, 4.69) is 39.2 Å². The van der Waals surface area contributed by atoms with Crippen LogP contribution >= 0.6 is 23.1 Å².